The van der Waals surface area contributed by atoms with E-state index in [1.165, 1.54) is 16.7 Å². The lowest BCUT2D eigenvalue weighted by atomic mass is 9.79. The molecule has 4 atom stereocenters. The third-order valence-corrected chi connectivity index (χ3v) is 12.4. The van der Waals surface area contributed by atoms with Crippen LogP contribution in [0.1, 0.15) is 51.5 Å². The van der Waals surface area contributed by atoms with Crippen molar-refractivity contribution in [3.63, 3.8) is 0 Å². The third-order valence-electron chi connectivity index (χ3n) is 12.1. The Morgan fingerprint density at radius 3 is 2.36 bits per heavy atom. The molecule has 2 unspecified atom stereocenters. The fourth-order valence-electron chi connectivity index (χ4n) is 9.26. The smallest absolute Gasteiger partial charge is 0.274 e. The lowest BCUT2D eigenvalue weighted by Gasteiger charge is -2.51. The van der Waals surface area contributed by atoms with Gasteiger partial charge in [-0.1, -0.05) is 35.9 Å². The predicted molar refractivity (Wildman–Crippen MR) is 214 cm³/mol. The predicted octanol–water partition coefficient (Wildman–Crippen LogP) is 8.12. The molecule has 0 aromatic heterocycles. The van der Waals surface area contributed by atoms with Gasteiger partial charge in [0.2, 0.25) is 0 Å². The maximum absolute atomic E-state index is 14.9. The number of benzene rings is 4. The summed E-state index contributed by atoms with van der Waals surface area (Å²) in [7, 11) is 8.86. The van der Waals surface area contributed by atoms with Gasteiger partial charge in [0.05, 0.1) is 43.6 Å². The van der Waals surface area contributed by atoms with Crippen molar-refractivity contribution in [1.29, 1.82) is 0 Å². The number of amides is 1. The van der Waals surface area contributed by atoms with Crippen LogP contribution in [0.5, 0.6) is 28.7 Å². The molecule has 1 aliphatic carbocycles. The lowest BCUT2D eigenvalue weighted by molar-refractivity contribution is -0.00416. The maximum atomic E-state index is 14.9. The molecule has 1 amide bonds. The van der Waals surface area contributed by atoms with E-state index < -0.39 is 12.2 Å². The van der Waals surface area contributed by atoms with Crippen LogP contribution in [0.4, 0.5) is 5.69 Å². The molecule has 6 aliphatic rings. The number of anilines is 1. The molecular formula is C45H46ClN3O7. The molecule has 11 heteroatoms. The van der Waals surface area contributed by atoms with E-state index in [0.29, 0.717) is 70.2 Å². The maximum Gasteiger partial charge on any atom is 0.274 e. The molecule has 7 bridgehead atoms. The highest BCUT2D eigenvalue weighted by Crippen LogP contribution is 2.49. The Balaban J connectivity index is 1.27. The summed E-state index contributed by atoms with van der Waals surface area (Å²) in [6.45, 7) is 1.50. The molecule has 4 aromatic rings. The van der Waals surface area contributed by atoms with E-state index in [9.17, 15) is 4.79 Å². The van der Waals surface area contributed by atoms with E-state index in [0.717, 1.165) is 42.5 Å². The van der Waals surface area contributed by atoms with Crippen molar-refractivity contribution in [1.82, 2.24) is 9.91 Å². The number of likely N-dealkylation sites (N-methyl/N-ethyl adjacent to an activating group) is 1. The quantitative estimate of drug-likeness (QED) is 0.200. The van der Waals surface area contributed by atoms with Crippen LogP contribution in [-0.2, 0) is 28.7 Å². The second kappa shape index (κ2) is 14.8. The van der Waals surface area contributed by atoms with Crippen molar-refractivity contribution in [2.24, 2.45) is 0 Å². The Hall–Kier alpha value is -5.00. The number of hydrogen-bond acceptors (Lipinski definition) is 9. The summed E-state index contributed by atoms with van der Waals surface area (Å²) < 4.78 is 38.1. The van der Waals surface area contributed by atoms with Crippen LogP contribution in [0, 0.1) is 0 Å². The number of hydrogen-bond donors (Lipinski definition) is 0. The average molecular weight is 776 g/mol. The molecule has 290 valence electrons. The first-order valence-corrected chi connectivity index (χ1v) is 19.6. The summed E-state index contributed by atoms with van der Waals surface area (Å²) in [6.07, 6.45) is 4.83. The van der Waals surface area contributed by atoms with E-state index in [2.05, 4.69) is 47.3 Å². The first kappa shape index (κ1) is 36.6. The van der Waals surface area contributed by atoms with Gasteiger partial charge in [0.25, 0.3) is 5.91 Å². The summed E-state index contributed by atoms with van der Waals surface area (Å²) in [5, 5.41) is 4.30. The second-order valence-corrected chi connectivity index (χ2v) is 15.4. The summed E-state index contributed by atoms with van der Waals surface area (Å²) in [5.41, 5.74) is 7.86. The highest BCUT2D eigenvalue weighted by Gasteiger charge is 2.49. The highest BCUT2D eigenvalue weighted by molar-refractivity contribution is 6.34. The fourth-order valence-corrected chi connectivity index (χ4v) is 9.48. The van der Waals surface area contributed by atoms with Gasteiger partial charge in [-0.15, -0.1) is 0 Å². The molecule has 0 saturated carbocycles. The average Bonchev–Trinajstić information content (AvgIpc) is 3.21. The molecule has 0 radical (unpaired) electrons. The van der Waals surface area contributed by atoms with Crippen LogP contribution < -0.4 is 24.0 Å². The number of hydrazine groups is 1. The van der Waals surface area contributed by atoms with Gasteiger partial charge in [-0.25, -0.2) is 10.0 Å². The summed E-state index contributed by atoms with van der Waals surface area (Å²) in [5.74, 6) is 3.53. The number of nitrogens with zero attached hydrogens (tertiary/aromatic N) is 3. The molecule has 10 nitrogen and oxygen atoms in total. The van der Waals surface area contributed by atoms with Crippen LogP contribution in [0.2, 0.25) is 5.02 Å². The highest BCUT2D eigenvalue weighted by atomic mass is 35.5. The number of rotatable bonds is 5. The first-order chi connectivity index (χ1) is 27.3. The summed E-state index contributed by atoms with van der Waals surface area (Å²) in [6, 6.07) is 23.6. The molecule has 0 saturated heterocycles. The molecule has 0 spiro atoms. The van der Waals surface area contributed by atoms with Crippen LogP contribution in [0.15, 0.2) is 95.8 Å². The largest absolute Gasteiger partial charge is 0.498 e. The van der Waals surface area contributed by atoms with Crippen molar-refractivity contribution < 1.29 is 33.2 Å². The van der Waals surface area contributed by atoms with Crippen LogP contribution in [0.3, 0.4) is 0 Å². The topological polar surface area (TPSA) is 82.2 Å². The number of aryl methyl sites for hydroxylation is 1. The zero-order chi connectivity index (χ0) is 38.7. The van der Waals surface area contributed by atoms with Gasteiger partial charge in [0.1, 0.15) is 11.5 Å². The second-order valence-electron chi connectivity index (χ2n) is 15.0. The zero-order valence-electron chi connectivity index (χ0n) is 32.3. The van der Waals surface area contributed by atoms with E-state index in [-0.39, 0.29) is 18.0 Å². The van der Waals surface area contributed by atoms with Gasteiger partial charge in [-0.3, -0.25) is 9.69 Å². The van der Waals surface area contributed by atoms with Crippen molar-refractivity contribution in [2.75, 3.05) is 53.6 Å². The van der Waals surface area contributed by atoms with Gasteiger partial charge in [-0.05, 0) is 121 Å². The number of methoxy groups -OCH3 is 4. The SMILES string of the molecule is COC1=CC2=C3C(Oc4cc5c(cc4OC)CCN(C)[C@H]5CCc4ccc(cc4)Oc4cc5c(cc4OC)N(C(=O)c4ccccc4Cl)N(CC2)[C@H]3C5)C1OC. The van der Waals surface area contributed by atoms with Crippen molar-refractivity contribution in [3.05, 3.63) is 129 Å². The van der Waals surface area contributed by atoms with E-state index in [1.807, 2.05) is 36.4 Å². The summed E-state index contributed by atoms with van der Waals surface area (Å²) in [4.78, 5) is 17.3. The van der Waals surface area contributed by atoms with Crippen LogP contribution >= 0.6 is 11.6 Å². The molecule has 56 heavy (non-hydrogen) atoms. The number of carbonyl (C=O) groups is 1. The number of halogens is 1. The van der Waals surface area contributed by atoms with E-state index >= 15 is 0 Å². The Kier molecular flexibility index (Phi) is 9.69. The Bertz CT molecular complexity index is 2250. The monoisotopic (exact) mass is 775 g/mol. The molecule has 5 heterocycles. The molecular weight excluding hydrogens is 730 g/mol. The first-order valence-electron chi connectivity index (χ1n) is 19.2. The Morgan fingerprint density at radius 1 is 0.821 bits per heavy atom. The molecule has 0 fully saturated rings. The van der Waals surface area contributed by atoms with Gasteiger partial charge < -0.3 is 28.4 Å². The molecule has 10 rings (SSSR count). The minimum atomic E-state index is -0.611. The van der Waals surface area contributed by atoms with Crippen molar-refractivity contribution in [2.45, 2.75) is 56.4 Å². The summed E-state index contributed by atoms with van der Waals surface area (Å²) >= 11 is 6.73. The Morgan fingerprint density at radius 2 is 1.61 bits per heavy atom. The number of allylic oxidation sites excluding steroid dienone is 1. The molecule has 0 N–H and O–H groups in total. The number of ether oxygens (including phenoxy) is 6. The lowest BCUT2D eigenvalue weighted by Crippen LogP contribution is -2.61. The zero-order valence-corrected chi connectivity index (χ0v) is 33.1. The van der Waals surface area contributed by atoms with Crippen LogP contribution in [-0.4, -0.2) is 82.6 Å². The minimum Gasteiger partial charge on any atom is -0.498 e. The van der Waals surface area contributed by atoms with Crippen molar-refractivity contribution in [3.8, 4) is 28.7 Å². The molecule has 4 aromatic carbocycles. The number of carbonyl (C=O) groups excluding carboxylic acids is 1. The van der Waals surface area contributed by atoms with Crippen molar-refractivity contribution >= 4 is 23.2 Å². The van der Waals surface area contributed by atoms with Gasteiger partial charge in [-0.2, -0.15) is 0 Å². The fraction of sp³-hybridized carbons (Fsp3) is 0.356. The van der Waals surface area contributed by atoms with Crippen LogP contribution in [0.25, 0.3) is 0 Å². The van der Waals surface area contributed by atoms with Gasteiger partial charge in [0.15, 0.2) is 35.2 Å². The van der Waals surface area contributed by atoms with Gasteiger partial charge in [0, 0.05) is 32.3 Å². The van der Waals surface area contributed by atoms with Gasteiger partial charge >= 0.3 is 0 Å². The number of fused-ring (bicyclic) bond motifs is 3. The molecule has 5 aliphatic heterocycles. The van der Waals surface area contributed by atoms with E-state index in [1.54, 1.807) is 45.6 Å². The standard InChI is InChI=1S/C45H46ClN3O7/c1-47-18-16-27-21-37(51-2)40-24-32(27)34(47)15-12-26-10-13-30(14-11-26)55-39-23-29-20-36-42-28(22-41(53-4)43(54-5)44(42)56-40)17-19-48(36)49(35(29)25-38(39)52-3)45(50)31-8-6-7-9-33(31)46/h6-11,13-14,21-25,34,36,43-44H,12,15-20H2,1-5H3/t34-,36-,43?,44?/m0/s1. The minimum absolute atomic E-state index is 0.177. The third kappa shape index (κ3) is 6.19. The van der Waals surface area contributed by atoms with E-state index in [4.69, 9.17) is 40.0 Å². The normalized spacial score (nSPS) is 23.0. The Labute approximate surface area is 332 Å².